The smallest absolute Gasteiger partial charge is 0.406 e. The highest BCUT2D eigenvalue weighted by molar-refractivity contribution is 6.14. The van der Waals surface area contributed by atoms with Crippen LogP contribution in [0.3, 0.4) is 0 Å². The van der Waals surface area contributed by atoms with Crippen molar-refractivity contribution < 1.29 is 32.2 Å². The van der Waals surface area contributed by atoms with E-state index in [1.165, 1.54) is 7.11 Å². The van der Waals surface area contributed by atoms with E-state index in [1.54, 1.807) is 30.4 Å². The maximum Gasteiger partial charge on any atom is 0.406 e. The summed E-state index contributed by atoms with van der Waals surface area (Å²) in [5.41, 5.74) is 1.25. The highest BCUT2D eigenvalue weighted by atomic mass is 19.4. The third-order valence-electron chi connectivity index (χ3n) is 5.27. The number of allylic oxidation sites excluding steroid dienone is 3. The van der Waals surface area contributed by atoms with Gasteiger partial charge in [-0.25, -0.2) is 0 Å². The highest BCUT2D eigenvalue weighted by Crippen LogP contribution is 2.30. The molecule has 0 spiro atoms. The topological polar surface area (TPSA) is 80.2 Å². The van der Waals surface area contributed by atoms with Crippen LogP contribution in [-0.4, -0.2) is 63.6 Å². The fourth-order valence-electron chi connectivity index (χ4n) is 3.61. The zero-order valence-corrected chi connectivity index (χ0v) is 19.8. The monoisotopic (exact) mass is 491 g/mol. The number of ether oxygens (including phenoxy) is 2. The van der Waals surface area contributed by atoms with Crippen LogP contribution in [0.2, 0.25) is 0 Å². The Hall–Kier alpha value is -3.24. The molecule has 1 N–H and O–H groups in total. The number of methoxy groups -OCH3 is 1. The summed E-state index contributed by atoms with van der Waals surface area (Å²) in [4.78, 5) is 28.9. The lowest BCUT2D eigenvalue weighted by atomic mass is 9.94. The Morgan fingerprint density at radius 3 is 2.74 bits per heavy atom. The molecule has 1 aliphatic rings. The fourth-order valence-corrected chi connectivity index (χ4v) is 3.61. The SMILES string of the molecule is [B]N=C(/C=C\C=C/C)NCCCOc1ccc2c(c1)CN(CC(F)(F)F)C(=O)C(CC(=O)OC)C2. The molecular weight excluding hydrogens is 462 g/mol. The molecule has 2 radical (unpaired) electrons. The minimum absolute atomic E-state index is 0.143. The number of halogens is 3. The molecule has 0 saturated carbocycles. The van der Waals surface area contributed by atoms with E-state index in [9.17, 15) is 22.8 Å². The van der Waals surface area contributed by atoms with Crippen molar-refractivity contribution in [1.82, 2.24) is 10.2 Å². The molecule has 7 nitrogen and oxygen atoms in total. The summed E-state index contributed by atoms with van der Waals surface area (Å²) in [5.74, 6) is -1.30. The quantitative estimate of drug-likeness (QED) is 0.136. The molecule has 11 heteroatoms. The molecule has 0 aliphatic carbocycles. The first-order chi connectivity index (χ1) is 16.7. The van der Waals surface area contributed by atoms with E-state index < -0.39 is 30.5 Å². The van der Waals surface area contributed by atoms with Crippen molar-refractivity contribution >= 4 is 25.7 Å². The first-order valence-electron chi connectivity index (χ1n) is 11.1. The van der Waals surface area contributed by atoms with Gasteiger partial charge >= 0.3 is 12.1 Å². The van der Waals surface area contributed by atoms with E-state index in [0.717, 1.165) is 4.90 Å². The van der Waals surface area contributed by atoms with Gasteiger partial charge in [0.15, 0.2) is 0 Å². The number of amides is 1. The molecule has 1 atom stereocenters. The number of carbonyl (C=O) groups is 2. The van der Waals surface area contributed by atoms with Crippen LogP contribution < -0.4 is 10.1 Å². The lowest BCUT2D eigenvalue weighted by molar-refractivity contribution is -0.165. The minimum Gasteiger partial charge on any atom is -0.494 e. The molecule has 1 aromatic rings. The molecule has 1 amide bonds. The molecule has 1 aliphatic heterocycles. The number of rotatable bonds is 10. The molecule has 2 rings (SSSR count). The van der Waals surface area contributed by atoms with E-state index in [0.29, 0.717) is 42.3 Å². The predicted molar refractivity (Wildman–Crippen MR) is 127 cm³/mol. The van der Waals surface area contributed by atoms with Gasteiger partial charge in [-0.1, -0.05) is 24.3 Å². The van der Waals surface area contributed by atoms with Crippen LogP contribution in [0.4, 0.5) is 13.2 Å². The number of amidine groups is 1. The third kappa shape index (κ3) is 9.50. The summed E-state index contributed by atoms with van der Waals surface area (Å²) in [6, 6.07) is 5.08. The summed E-state index contributed by atoms with van der Waals surface area (Å²) in [6.07, 6.45) is 3.16. The molecule has 0 aromatic heterocycles. The molecule has 35 heavy (non-hydrogen) atoms. The zero-order chi connectivity index (χ0) is 25.8. The van der Waals surface area contributed by atoms with Gasteiger partial charge in [0, 0.05) is 13.1 Å². The van der Waals surface area contributed by atoms with E-state index in [1.807, 2.05) is 19.1 Å². The Morgan fingerprint density at radius 1 is 1.31 bits per heavy atom. The summed E-state index contributed by atoms with van der Waals surface area (Å²) in [7, 11) is 6.51. The maximum atomic E-state index is 13.1. The lowest BCUT2D eigenvalue weighted by Gasteiger charge is -2.25. The average molecular weight is 491 g/mol. The molecule has 0 saturated heterocycles. The number of fused-ring (bicyclic) bond motifs is 1. The van der Waals surface area contributed by atoms with Crippen LogP contribution in [0.25, 0.3) is 0 Å². The zero-order valence-electron chi connectivity index (χ0n) is 19.8. The number of benzene rings is 1. The van der Waals surface area contributed by atoms with Crippen LogP contribution in [0.5, 0.6) is 5.75 Å². The number of esters is 1. The first-order valence-corrected chi connectivity index (χ1v) is 11.1. The van der Waals surface area contributed by atoms with Crippen LogP contribution >= 0.6 is 0 Å². The van der Waals surface area contributed by atoms with Gasteiger partial charge in [0.25, 0.3) is 7.98 Å². The van der Waals surface area contributed by atoms with Crippen molar-refractivity contribution in [2.75, 3.05) is 26.8 Å². The van der Waals surface area contributed by atoms with E-state index in [-0.39, 0.29) is 19.4 Å². The molecule has 1 unspecified atom stereocenters. The van der Waals surface area contributed by atoms with Crippen molar-refractivity contribution in [3.63, 3.8) is 0 Å². The highest BCUT2D eigenvalue weighted by Gasteiger charge is 2.38. The van der Waals surface area contributed by atoms with Crippen molar-refractivity contribution in [3.05, 3.63) is 53.6 Å². The van der Waals surface area contributed by atoms with Crippen LogP contribution in [0, 0.1) is 5.92 Å². The number of carbonyl (C=O) groups excluding carboxylic acids is 2. The molecule has 0 bridgehead atoms. The average Bonchev–Trinajstić information content (AvgIpc) is 2.93. The summed E-state index contributed by atoms with van der Waals surface area (Å²) >= 11 is 0. The molecule has 1 heterocycles. The molecule has 188 valence electrons. The number of hydrogen-bond donors (Lipinski definition) is 1. The van der Waals surface area contributed by atoms with Crippen LogP contribution in [-0.2, 0) is 27.3 Å². The van der Waals surface area contributed by atoms with Gasteiger partial charge in [-0.3, -0.25) is 9.59 Å². The minimum atomic E-state index is -4.56. The van der Waals surface area contributed by atoms with Gasteiger partial charge in [-0.05, 0) is 49.1 Å². The number of nitrogens with zero attached hydrogens (tertiary/aromatic N) is 2. The number of alkyl halides is 3. The second-order valence-electron chi connectivity index (χ2n) is 7.95. The van der Waals surface area contributed by atoms with Gasteiger partial charge in [0.2, 0.25) is 5.91 Å². The Labute approximate surface area is 204 Å². The van der Waals surface area contributed by atoms with E-state index in [4.69, 9.17) is 12.7 Å². The Balaban J connectivity index is 2.04. The van der Waals surface area contributed by atoms with E-state index >= 15 is 0 Å². The normalized spacial score (nSPS) is 16.9. The third-order valence-corrected chi connectivity index (χ3v) is 5.27. The maximum absolute atomic E-state index is 13.1. The van der Waals surface area contributed by atoms with Gasteiger partial charge < -0.3 is 24.6 Å². The predicted octanol–water partition coefficient (Wildman–Crippen LogP) is 3.29. The van der Waals surface area contributed by atoms with Crippen molar-refractivity contribution in [1.29, 1.82) is 0 Å². The number of nitrogens with one attached hydrogen (secondary N) is 1. The van der Waals surface area contributed by atoms with Gasteiger partial charge in [0.1, 0.15) is 18.1 Å². The summed E-state index contributed by atoms with van der Waals surface area (Å²) in [5, 5.41) is 3.07. The van der Waals surface area contributed by atoms with Gasteiger partial charge in [-0.2, -0.15) is 13.2 Å². The lowest BCUT2D eigenvalue weighted by Crippen LogP contribution is -2.41. The molecular formula is C24H29BF3N3O4. The van der Waals surface area contributed by atoms with Gasteiger partial charge in [0.05, 0.1) is 26.1 Å². The van der Waals surface area contributed by atoms with E-state index in [2.05, 4.69) is 15.0 Å². The van der Waals surface area contributed by atoms with Crippen molar-refractivity contribution in [3.8, 4) is 5.75 Å². The first kappa shape index (κ1) is 28.0. The Bertz CT molecular complexity index is 964. The summed E-state index contributed by atoms with van der Waals surface area (Å²) < 4.78 is 49.8. The van der Waals surface area contributed by atoms with Crippen molar-refractivity contribution in [2.24, 2.45) is 10.8 Å². The van der Waals surface area contributed by atoms with Crippen molar-refractivity contribution in [2.45, 2.75) is 38.9 Å². The second kappa shape index (κ2) is 13.6. The second-order valence-corrected chi connectivity index (χ2v) is 7.95. The molecule has 0 fully saturated rings. The Morgan fingerprint density at radius 2 is 2.09 bits per heavy atom. The number of hydrogen-bond acceptors (Lipinski definition) is 5. The standard InChI is InChI=1S/C24H29BF3N3O4/c1-3-4-5-7-21(30-25)29-10-6-11-35-20-9-8-17-12-18(14-22(32)34-2)23(33)31(15-19(17)13-20)16-24(26,27)28/h3-5,7-9,13,18H,6,10-12,14-16H2,1-2H3,(H,29,30)/b4-3-,7-5-. The largest absolute Gasteiger partial charge is 0.494 e. The van der Waals surface area contributed by atoms with Crippen LogP contribution in [0.1, 0.15) is 30.9 Å². The Kier molecular flexibility index (Phi) is 10.9. The van der Waals surface area contributed by atoms with Gasteiger partial charge in [-0.15, -0.1) is 0 Å². The van der Waals surface area contributed by atoms with Crippen LogP contribution in [0.15, 0.2) is 47.4 Å². The molecule has 1 aromatic carbocycles. The fraction of sp³-hybridized carbons (Fsp3) is 0.458. The summed E-state index contributed by atoms with van der Waals surface area (Å²) in [6.45, 7) is 1.16.